The summed E-state index contributed by atoms with van der Waals surface area (Å²) < 4.78 is 0. The van der Waals surface area contributed by atoms with Crippen molar-refractivity contribution in [1.29, 1.82) is 0 Å². The third-order valence-corrected chi connectivity index (χ3v) is 3.83. The van der Waals surface area contributed by atoms with E-state index in [-0.39, 0.29) is 6.04 Å². The van der Waals surface area contributed by atoms with Crippen molar-refractivity contribution in [3.8, 4) is 0 Å². The molecule has 2 atom stereocenters. The number of halogens is 2. The molecule has 0 aliphatic carbocycles. The molecule has 0 saturated heterocycles. The predicted molar refractivity (Wildman–Crippen MR) is 89.8 cm³/mol. The Balaban J connectivity index is 2.78. The number of nitrogens with zero attached hydrogens (tertiary/aromatic N) is 1. The topological polar surface area (TPSA) is 15.3 Å². The Hall–Kier alpha value is -0.280. The predicted octanol–water partition coefficient (Wildman–Crippen LogP) is 4.62. The fourth-order valence-electron chi connectivity index (χ4n) is 2.49. The minimum absolute atomic E-state index is 0.185. The van der Waals surface area contributed by atoms with Gasteiger partial charge in [-0.3, -0.25) is 0 Å². The number of likely N-dealkylation sites (N-methyl/N-ethyl adjacent to an activating group) is 1. The summed E-state index contributed by atoms with van der Waals surface area (Å²) in [4.78, 5) is 2.21. The van der Waals surface area contributed by atoms with Crippen molar-refractivity contribution < 1.29 is 0 Å². The van der Waals surface area contributed by atoms with Crippen molar-refractivity contribution in [2.24, 2.45) is 5.92 Å². The highest BCUT2D eigenvalue weighted by molar-refractivity contribution is 6.33. The minimum Gasteiger partial charge on any atom is -0.308 e. The van der Waals surface area contributed by atoms with E-state index in [0.717, 1.165) is 28.6 Å². The van der Waals surface area contributed by atoms with Crippen molar-refractivity contribution in [1.82, 2.24) is 10.2 Å². The summed E-state index contributed by atoms with van der Waals surface area (Å²) in [6.45, 7) is 7.66. The monoisotopic (exact) mass is 316 g/mol. The maximum Gasteiger partial charge on any atom is 0.0454 e. The number of hydrogen-bond acceptors (Lipinski definition) is 2. The highest BCUT2D eigenvalue weighted by Crippen LogP contribution is 2.27. The Morgan fingerprint density at radius 1 is 1.15 bits per heavy atom. The first kappa shape index (κ1) is 17.8. The van der Waals surface area contributed by atoms with Crippen molar-refractivity contribution in [2.45, 2.75) is 39.3 Å². The Kier molecular flexibility index (Phi) is 7.32. The van der Waals surface area contributed by atoms with E-state index in [1.807, 2.05) is 18.2 Å². The van der Waals surface area contributed by atoms with E-state index in [1.54, 1.807) is 0 Å². The van der Waals surface area contributed by atoms with Crippen molar-refractivity contribution in [2.75, 3.05) is 20.6 Å². The molecule has 0 aliphatic heterocycles. The van der Waals surface area contributed by atoms with Crippen LogP contribution in [-0.2, 0) is 0 Å². The number of benzene rings is 1. The Labute approximate surface area is 133 Å². The molecule has 1 aromatic carbocycles. The van der Waals surface area contributed by atoms with Crippen molar-refractivity contribution in [3.63, 3.8) is 0 Å². The van der Waals surface area contributed by atoms with Gasteiger partial charge in [0.2, 0.25) is 0 Å². The van der Waals surface area contributed by atoms with Gasteiger partial charge in [-0.25, -0.2) is 0 Å². The second-order valence-electron chi connectivity index (χ2n) is 6.14. The molecule has 114 valence electrons. The van der Waals surface area contributed by atoms with E-state index in [0.29, 0.717) is 12.0 Å². The molecular weight excluding hydrogens is 291 g/mol. The third kappa shape index (κ3) is 6.01. The quantitative estimate of drug-likeness (QED) is 0.789. The summed E-state index contributed by atoms with van der Waals surface area (Å²) in [6.07, 6.45) is 1.14. The van der Waals surface area contributed by atoms with Crippen LogP contribution in [0, 0.1) is 5.92 Å². The van der Waals surface area contributed by atoms with Gasteiger partial charge < -0.3 is 10.2 Å². The Morgan fingerprint density at radius 3 is 2.35 bits per heavy atom. The zero-order chi connectivity index (χ0) is 15.3. The second-order valence-corrected chi connectivity index (χ2v) is 6.99. The molecule has 2 nitrogen and oxygen atoms in total. The molecule has 0 amide bonds. The molecular formula is C16H26Cl2N2. The first-order valence-electron chi connectivity index (χ1n) is 7.15. The molecule has 1 N–H and O–H groups in total. The van der Waals surface area contributed by atoms with Crippen LogP contribution in [-0.4, -0.2) is 31.6 Å². The molecule has 0 spiro atoms. The Bertz CT molecular complexity index is 409. The van der Waals surface area contributed by atoms with Gasteiger partial charge in [0.25, 0.3) is 0 Å². The Morgan fingerprint density at radius 2 is 1.80 bits per heavy atom. The fraction of sp³-hybridized carbons (Fsp3) is 0.625. The maximum atomic E-state index is 6.28. The van der Waals surface area contributed by atoms with Crippen LogP contribution >= 0.6 is 23.2 Å². The van der Waals surface area contributed by atoms with Gasteiger partial charge in [-0.2, -0.15) is 0 Å². The normalized spacial score (nSPS) is 14.8. The summed E-state index contributed by atoms with van der Waals surface area (Å²) in [5, 5.41) is 5.17. The molecule has 0 heterocycles. The van der Waals surface area contributed by atoms with E-state index < -0.39 is 0 Å². The zero-order valence-corrected chi connectivity index (χ0v) is 14.6. The largest absolute Gasteiger partial charge is 0.308 e. The zero-order valence-electron chi connectivity index (χ0n) is 13.1. The van der Waals surface area contributed by atoms with E-state index >= 15 is 0 Å². The molecule has 0 fully saturated rings. The average Bonchev–Trinajstić information content (AvgIpc) is 2.30. The molecule has 0 radical (unpaired) electrons. The van der Waals surface area contributed by atoms with Crippen LogP contribution in [0.25, 0.3) is 0 Å². The summed E-state index contributed by atoms with van der Waals surface area (Å²) in [6, 6.07) is 6.26. The van der Waals surface area contributed by atoms with Crippen LogP contribution in [0.5, 0.6) is 0 Å². The summed E-state index contributed by atoms with van der Waals surface area (Å²) in [5.74, 6) is 0.662. The lowest BCUT2D eigenvalue weighted by molar-refractivity contribution is 0.291. The number of rotatable bonds is 7. The van der Waals surface area contributed by atoms with E-state index in [2.05, 4.69) is 45.1 Å². The van der Waals surface area contributed by atoms with Crippen LogP contribution in [0.2, 0.25) is 10.0 Å². The molecule has 20 heavy (non-hydrogen) atoms. The van der Waals surface area contributed by atoms with Gasteiger partial charge in [0.1, 0.15) is 0 Å². The first-order chi connectivity index (χ1) is 9.29. The second kappa shape index (κ2) is 8.23. The number of nitrogens with one attached hydrogen (secondary N) is 1. The molecule has 1 rings (SSSR count). The van der Waals surface area contributed by atoms with Crippen LogP contribution in [0.1, 0.15) is 38.8 Å². The van der Waals surface area contributed by atoms with Crippen LogP contribution < -0.4 is 5.32 Å². The molecule has 0 aliphatic rings. The molecule has 4 heteroatoms. The maximum absolute atomic E-state index is 6.28. The van der Waals surface area contributed by atoms with E-state index in [4.69, 9.17) is 23.2 Å². The minimum atomic E-state index is 0.185. The third-order valence-electron chi connectivity index (χ3n) is 3.25. The lowest BCUT2D eigenvalue weighted by atomic mass is 10.0. The van der Waals surface area contributed by atoms with E-state index in [1.165, 1.54) is 0 Å². The van der Waals surface area contributed by atoms with Crippen LogP contribution in [0.15, 0.2) is 18.2 Å². The highest BCUT2D eigenvalue weighted by Gasteiger charge is 2.17. The average molecular weight is 317 g/mol. The van der Waals surface area contributed by atoms with Gasteiger partial charge >= 0.3 is 0 Å². The van der Waals surface area contributed by atoms with Gasteiger partial charge in [0, 0.05) is 28.7 Å². The molecule has 0 bridgehead atoms. The number of hydrogen-bond donors (Lipinski definition) is 1. The lowest BCUT2D eigenvalue weighted by Crippen LogP contribution is -2.40. The summed E-state index contributed by atoms with van der Waals surface area (Å²) in [7, 11) is 4.21. The lowest BCUT2D eigenvalue weighted by Gasteiger charge is -2.28. The van der Waals surface area contributed by atoms with Gasteiger partial charge in [-0.05, 0) is 57.1 Å². The smallest absolute Gasteiger partial charge is 0.0454 e. The van der Waals surface area contributed by atoms with E-state index in [9.17, 15) is 0 Å². The molecule has 2 unspecified atom stereocenters. The molecule has 1 aromatic rings. The standard InChI is InChI=1S/C16H26Cl2N2/c1-11(2)8-14(10-20(4)5)19-12(3)15-9-13(17)6-7-16(15)18/h6-7,9,11-12,14,19H,8,10H2,1-5H3. The van der Waals surface area contributed by atoms with Crippen LogP contribution in [0.4, 0.5) is 0 Å². The van der Waals surface area contributed by atoms with Crippen molar-refractivity contribution >= 4 is 23.2 Å². The van der Waals surface area contributed by atoms with Crippen molar-refractivity contribution in [3.05, 3.63) is 33.8 Å². The highest BCUT2D eigenvalue weighted by atomic mass is 35.5. The SMILES string of the molecule is CC(C)CC(CN(C)C)NC(C)c1cc(Cl)ccc1Cl. The molecule has 0 saturated carbocycles. The van der Waals surface area contributed by atoms with Crippen LogP contribution in [0.3, 0.4) is 0 Å². The molecule has 0 aromatic heterocycles. The van der Waals surface area contributed by atoms with Gasteiger partial charge in [0.15, 0.2) is 0 Å². The van der Waals surface area contributed by atoms with Gasteiger partial charge in [-0.1, -0.05) is 37.0 Å². The first-order valence-corrected chi connectivity index (χ1v) is 7.91. The summed E-state index contributed by atoms with van der Waals surface area (Å²) >= 11 is 12.3. The van der Waals surface area contributed by atoms with Gasteiger partial charge in [0.05, 0.1) is 0 Å². The van der Waals surface area contributed by atoms with Gasteiger partial charge in [-0.15, -0.1) is 0 Å². The fourth-order valence-corrected chi connectivity index (χ4v) is 2.96. The summed E-state index contributed by atoms with van der Waals surface area (Å²) in [5.41, 5.74) is 1.06.